The topological polar surface area (TPSA) is 17.1 Å². The molecule has 2 aromatic rings. The summed E-state index contributed by atoms with van der Waals surface area (Å²) in [5.41, 5.74) is 1.02. The van der Waals surface area contributed by atoms with Gasteiger partial charge in [0.1, 0.15) is 5.82 Å². The number of benzene rings is 2. The Hall–Kier alpha value is -1.96. The van der Waals surface area contributed by atoms with E-state index in [9.17, 15) is 9.18 Å². The first kappa shape index (κ1) is 12.1. The zero-order chi connectivity index (χ0) is 13.3. The predicted molar refractivity (Wildman–Crippen MR) is 72.7 cm³/mol. The molecule has 0 aliphatic heterocycles. The molecule has 1 aliphatic rings. The normalized spacial score (nSPS) is 16.7. The maximum absolute atomic E-state index is 13.4. The number of hydrogen-bond acceptors (Lipinski definition) is 1. The fourth-order valence-electron chi connectivity index (χ4n) is 2.83. The molecule has 1 nitrogen and oxygen atoms in total. The summed E-state index contributed by atoms with van der Waals surface area (Å²) >= 11 is 0. The molecule has 1 saturated carbocycles. The molecule has 0 amide bonds. The first-order valence-corrected chi connectivity index (χ1v) is 6.58. The first-order chi connectivity index (χ1) is 9.22. The largest absolute Gasteiger partial charge is 0.293 e. The standard InChI is InChI=1S/C17H15FO/c18-15-9-4-8-14(12-15)17(10-5-11-17)16(19)13-6-2-1-3-7-13/h1-4,6-9,12H,5,10-11H2. The van der Waals surface area contributed by atoms with E-state index in [4.69, 9.17) is 0 Å². The molecule has 19 heavy (non-hydrogen) atoms. The molecular weight excluding hydrogens is 239 g/mol. The highest BCUT2D eigenvalue weighted by Crippen LogP contribution is 2.46. The van der Waals surface area contributed by atoms with E-state index < -0.39 is 5.41 Å². The van der Waals surface area contributed by atoms with Crippen LogP contribution in [0.2, 0.25) is 0 Å². The van der Waals surface area contributed by atoms with Crippen LogP contribution in [-0.4, -0.2) is 5.78 Å². The van der Waals surface area contributed by atoms with Crippen molar-refractivity contribution in [3.63, 3.8) is 0 Å². The van der Waals surface area contributed by atoms with Crippen molar-refractivity contribution in [3.05, 3.63) is 71.5 Å². The van der Waals surface area contributed by atoms with E-state index in [-0.39, 0.29) is 11.6 Å². The summed E-state index contributed by atoms with van der Waals surface area (Å²) in [6.45, 7) is 0. The Kier molecular flexibility index (Phi) is 2.94. The average molecular weight is 254 g/mol. The van der Waals surface area contributed by atoms with E-state index in [2.05, 4.69) is 0 Å². The second-order valence-corrected chi connectivity index (χ2v) is 5.14. The van der Waals surface area contributed by atoms with Gasteiger partial charge in [-0.2, -0.15) is 0 Å². The number of ketones is 1. The third-order valence-electron chi connectivity index (χ3n) is 4.05. The van der Waals surface area contributed by atoms with Crippen molar-refractivity contribution < 1.29 is 9.18 Å². The van der Waals surface area contributed by atoms with E-state index >= 15 is 0 Å². The second-order valence-electron chi connectivity index (χ2n) is 5.14. The summed E-state index contributed by atoms with van der Waals surface area (Å²) in [6.07, 6.45) is 2.64. The van der Waals surface area contributed by atoms with E-state index in [1.165, 1.54) is 12.1 Å². The molecule has 1 fully saturated rings. The lowest BCUT2D eigenvalue weighted by molar-refractivity contribution is 0.0788. The molecule has 0 radical (unpaired) electrons. The Bertz CT molecular complexity index is 600. The third kappa shape index (κ3) is 1.97. The molecule has 0 N–H and O–H groups in total. The molecule has 96 valence electrons. The highest BCUT2D eigenvalue weighted by Gasteiger charge is 2.45. The van der Waals surface area contributed by atoms with Gasteiger partial charge in [0, 0.05) is 5.56 Å². The molecule has 0 saturated heterocycles. The van der Waals surface area contributed by atoms with Gasteiger partial charge in [0.05, 0.1) is 5.41 Å². The van der Waals surface area contributed by atoms with Gasteiger partial charge in [-0.05, 0) is 30.5 Å². The van der Waals surface area contributed by atoms with Gasteiger partial charge >= 0.3 is 0 Å². The van der Waals surface area contributed by atoms with Gasteiger partial charge in [0.25, 0.3) is 0 Å². The number of halogens is 1. The van der Waals surface area contributed by atoms with Crippen molar-refractivity contribution in [2.45, 2.75) is 24.7 Å². The second kappa shape index (κ2) is 4.61. The molecule has 0 atom stereocenters. The van der Waals surface area contributed by atoms with Crippen molar-refractivity contribution in [3.8, 4) is 0 Å². The molecule has 3 rings (SSSR count). The monoisotopic (exact) mass is 254 g/mol. The van der Waals surface area contributed by atoms with Gasteiger partial charge in [-0.15, -0.1) is 0 Å². The molecule has 2 heteroatoms. The number of carbonyl (C=O) groups is 1. The van der Waals surface area contributed by atoms with Crippen LogP contribution in [0, 0.1) is 5.82 Å². The molecule has 0 unspecified atom stereocenters. The number of hydrogen-bond donors (Lipinski definition) is 0. The number of Topliss-reactive ketones (excluding diaryl/α,β-unsaturated/α-hetero) is 1. The van der Waals surface area contributed by atoms with Gasteiger partial charge in [0.2, 0.25) is 0 Å². The Labute approximate surface area is 112 Å². The van der Waals surface area contributed by atoms with Crippen LogP contribution in [0.5, 0.6) is 0 Å². The molecule has 2 aromatic carbocycles. The Balaban J connectivity index is 2.02. The molecule has 0 spiro atoms. The van der Waals surface area contributed by atoms with Gasteiger partial charge in [0.15, 0.2) is 5.78 Å². The van der Waals surface area contributed by atoms with Crippen LogP contribution in [0.1, 0.15) is 35.2 Å². The molecule has 0 bridgehead atoms. The van der Waals surface area contributed by atoms with E-state index in [0.717, 1.165) is 24.8 Å². The predicted octanol–water partition coefficient (Wildman–Crippen LogP) is 4.13. The zero-order valence-corrected chi connectivity index (χ0v) is 10.6. The van der Waals surface area contributed by atoms with Crippen molar-refractivity contribution in [1.82, 2.24) is 0 Å². The van der Waals surface area contributed by atoms with Crippen LogP contribution in [0.4, 0.5) is 4.39 Å². The first-order valence-electron chi connectivity index (χ1n) is 6.58. The summed E-state index contributed by atoms with van der Waals surface area (Å²) in [6, 6.07) is 15.8. The smallest absolute Gasteiger partial charge is 0.173 e. The maximum atomic E-state index is 13.4. The van der Waals surface area contributed by atoms with Crippen molar-refractivity contribution in [2.75, 3.05) is 0 Å². The number of rotatable bonds is 3. The third-order valence-corrected chi connectivity index (χ3v) is 4.05. The minimum absolute atomic E-state index is 0.116. The summed E-state index contributed by atoms with van der Waals surface area (Å²) < 4.78 is 13.4. The lowest BCUT2D eigenvalue weighted by Crippen LogP contribution is -2.42. The van der Waals surface area contributed by atoms with Crippen molar-refractivity contribution in [2.24, 2.45) is 0 Å². The fourth-order valence-corrected chi connectivity index (χ4v) is 2.83. The summed E-state index contributed by atoms with van der Waals surface area (Å²) in [5.74, 6) is -0.158. The quantitative estimate of drug-likeness (QED) is 0.753. The lowest BCUT2D eigenvalue weighted by atomic mass is 9.61. The highest BCUT2D eigenvalue weighted by molar-refractivity contribution is 6.04. The molecule has 0 aromatic heterocycles. The van der Waals surface area contributed by atoms with Gasteiger partial charge < -0.3 is 0 Å². The van der Waals surface area contributed by atoms with Crippen molar-refractivity contribution in [1.29, 1.82) is 0 Å². The molecular formula is C17H15FO. The molecule has 1 aliphatic carbocycles. The highest BCUT2D eigenvalue weighted by atomic mass is 19.1. The van der Waals surface area contributed by atoms with Gasteiger partial charge in [-0.1, -0.05) is 48.9 Å². The Morgan fingerprint density at radius 3 is 2.32 bits per heavy atom. The summed E-state index contributed by atoms with van der Waals surface area (Å²) in [5, 5.41) is 0. The van der Waals surface area contributed by atoms with Crippen LogP contribution in [0.25, 0.3) is 0 Å². The Morgan fingerprint density at radius 2 is 1.74 bits per heavy atom. The molecule has 0 heterocycles. The van der Waals surface area contributed by atoms with E-state index in [1.54, 1.807) is 6.07 Å². The van der Waals surface area contributed by atoms with Crippen LogP contribution in [0.15, 0.2) is 54.6 Å². The minimum atomic E-state index is -0.510. The number of carbonyl (C=O) groups excluding carboxylic acids is 1. The summed E-state index contributed by atoms with van der Waals surface area (Å²) in [7, 11) is 0. The van der Waals surface area contributed by atoms with Crippen LogP contribution in [0.3, 0.4) is 0 Å². The fraction of sp³-hybridized carbons (Fsp3) is 0.235. The lowest BCUT2D eigenvalue weighted by Gasteiger charge is -2.41. The maximum Gasteiger partial charge on any atom is 0.173 e. The minimum Gasteiger partial charge on any atom is -0.293 e. The van der Waals surface area contributed by atoms with Crippen LogP contribution < -0.4 is 0 Å². The van der Waals surface area contributed by atoms with Crippen LogP contribution >= 0.6 is 0 Å². The summed E-state index contributed by atoms with van der Waals surface area (Å²) in [4.78, 5) is 12.7. The zero-order valence-electron chi connectivity index (χ0n) is 10.6. The SMILES string of the molecule is O=C(c1ccccc1)C1(c2cccc(F)c2)CCC1. The van der Waals surface area contributed by atoms with Gasteiger partial charge in [-0.3, -0.25) is 4.79 Å². The van der Waals surface area contributed by atoms with E-state index in [0.29, 0.717) is 5.56 Å². The van der Waals surface area contributed by atoms with E-state index in [1.807, 2.05) is 36.4 Å². The van der Waals surface area contributed by atoms with Crippen molar-refractivity contribution >= 4 is 5.78 Å². The average Bonchev–Trinajstić information content (AvgIpc) is 2.38. The Morgan fingerprint density at radius 1 is 1.00 bits per heavy atom. The van der Waals surface area contributed by atoms with Gasteiger partial charge in [-0.25, -0.2) is 4.39 Å². The van der Waals surface area contributed by atoms with Crippen LogP contribution in [-0.2, 0) is 5.41 Å².